The van der Waals surface area contributed by atoms with E-state index in [-0.39, 0.29) is 22.7 Å². The van der Waals surface area contributed by atoms with E-state index in [4.69, 9.17) is 0 Å². The smallest absolute Gasteiger partial charge is 0.235 e. The van der Waals surface area contributed by atoms with Gasteiger partial charge in [0.05, 0.1) is 26.9 Å². The number of rotatable bonds is 2. The lowest BCUT2D eigenvalue weighted by molar-refractivity contribution is -0.113. The van der Waals surface area contributed by atoms with Gasteiger partial charge in [0.1, 0.15) is 11.6 Å². The number of hydrogen-bond acceptors (Lipinski definition) is 5. The van der Waals surface area contributed by atoms with Crippen molar-refractivity contribution in [2.24, 2.45) is 0 Å². The van der Waals surface area contributed by atoms with Crippen molar-refractivity contribution in [3.05, 3.63) is 71.2 Å². The van der Waals surface area contributed by atoms with Gasteiger partial charge in [-0.2, -0.15) is 9.78 Å². The summed E-state index contributed by atoms with van der Waals surface area (Å²) in [5.74, 6) is 0.395. The maximum Gasteiger partial charge on any atom is 0.235 e. The minimum Gasteiger partial charge on any atom is -0.310 e. The molecule has 1 unspecified atom stereocenters. The Balaban J connectivity index is 1.71. The molecule has 1 N–H and O–H groups in total. The first-order valence-corrected chi connectivity index (χ1v) is 10.6. The van der Waals surface area contributed by atoms with Crippen LogP contribution >= 0.6 is 23.1 Å². The van der Waals surface area contributed by atoms with Crippen LogP contribution in [0.3, 0.4) is 0 Å². The molecule has 1 atom stereocenters. The average molecular weight is 410 g/mol. The maximum atomic E-state index is 14.5. The molecule has 1 aliphatic rings. The third-order valence-electron chi connectivity index (χ3n) is 4.66. The van der Waals surface area contributed by atoms with E-state index in [1.165, 1.54) is 29.2 Å². The maximum absolute atomic E-state index is 14.5. The van der Waals surface area contributed by atoms with Crippen LogP contribution in [0.25, 0.3) is 15.3 Å². The number of carbonyl (C=O) groups is 1. The number of halogens is 1. The van der Waals surface area contributed by atoms with Crippen molar-refractivity contribution in [3.8, 4) is 5.13 Å². The molecule has 140 valence electrons. The van der Waals surface area contributed by atoms with E-state index in [1.54, 1.807) is 16.8 Å². The highest BCUT2D eigenvalue weighted by atomic mass is 32.2. The molecule has 3 heterocycles. The van der Waals surface area contributed by atoms with Crippen LogP contribution in [0.5, 0.6) is 0 Å². The second kappa shape index (κ2) is 6.72. The number of hydrogen-bond donors (Lipinski definition) is 1. The lowest BCUT2D eigenvalue weighted by atomic mass is 10.0. The lowest BCUT2D eigenvalue weighted by Crippen LogP contribution is -2.15. The summed E-state index contributed by atoms with van der Waals surface area (Å²) in [4.78, 5) is 17.1. The molecule has 0 bridgehead atoms. The number of thioether (sulfide) groups is 1. The number of para-hydroxylation sites is 1. The van der Waals surface area contributed by atoms with E-state index < -0.39 is 0 Å². The zero-order valence-electron chi connectivity index (χ0n) is 14.8. The Bertz CT molecular complexity index is 1180. The third kappa shape index (κ3) is 2.80. The van der Waals surface area contributed by atoms with E-state index >= 15 is 0 Å². The summed E-state index contributed by atoms with van der Waals surface area (Å²) in [6, 6.07) is 14.5. The molecule has 1 amide bonds. The number of anilines is 1. The van der Waals surface area contributed by atoms with Crippen LogP contribution in [0.2, 0.25) is 0 Å². The van der Waals surface area contributed by atoms with Gasteiger partial charge >= 0.3 is 0 Å². The normalized spacial score (nSPS) is 16.6. The summed E-state index contributed by atoms with van der Waals surface area (Å²) in [6.07, 6.45) is 0. The molecule has 2 aromatic heterocycles. The Kier molecular flexibility index (Phi) is 4.17. The van der Waals surface area contributed by atoms with Gasteiger partial charge in [0, 0.05) is 11.1 Å². The molecule has 1 aliphatic heterocycles. The summed E-state index contributed by atoms with van der Waals surface area (Å²) in [7, 11) is 0. The Morgan fingerprint density at radius 2 is 1.96 bits per heavy atom. The van der Waals surface area contributed by atoms with Gasteiger partial charge < -0.3 is 5.32 Å². The molecular weight excluding hydrogens is 395 g/mol. The van der Waals surface area contributed by atoms with Crippen molar-refractivity contribution < 1.29 is 9.18 Å². The predicted molar refractivity (Wildman–Crippen MR) is 111 cm³/mol. The molecule has 5 rings (SSSR count). The number of thiazole rings is 1. The highest BCUT2D eigenvalue weighted by molar-refractivity contribution is 8.00. The van der Waals surface area contributed by atoms with E-state index in [9.17, 15) is 9.18 Å². The summed E-state index contributed by atoms with van der Waals surface area (Å²) >= 11 is 2.91. The molecule has 0 radical (unpaired) electrons. The molecule has 4 aromatic rings. The SMILES string of the molecule is Cc1nn(-c2nc3ccccc3s2)c2c1C(c1ccccc1F)SCC(=O)N2. The Morgan fingerprint density at radius 1 is 1.18 bits per heavy atom. The van der Waals surface area contributed by atoms with Crippen LogP contribution in [0, 0.1) is 12.7 Å². The lowest BCUT2D eigenvalue weighted by Gasteiger charge is -2.15. The topological polar surface area (TPSA) is 59.8 Å². The molecule has 0 fully saturated rings. The van der Waals surface area contributed by atoms with Gasteiger partial charge in [0.15, 0.2) is 0 Å². The van der Waals surface area contributed by atoms with Crippen molar-refractivity contribution in [2.75, 3.05) is 11.1 Å². The van der Waals surface area contributed by atoms with E-state index in [2.05, 4.69) is 15.4 Å². The standard InChI is InChI=1S/C20H15FN4OS2/c1-11-17-18(12-6-2-3-7-13(12)21)27-10-16(26)23-19(17)25(24-11)20-22-14-8-4-5-9-15(14)28-20/h2-9,18H,10H2,1H3,(H,23,26). The first kappa shape index (κ1) is 17.4. The highest BCUT2D eigenvalue weighted by Gasteiger charge is 2.32. The number of aromatic nitrogens is 3. The van der Waals surface area contributed by atoms with Crippen molar-refractivity contribution in [2.45, 2.75) is 12.2 Å². The minimum absolute atomic E-state index is 0.132. The van der Waals surface area contributed by atoms with Crippen molar-refractivity contribution in [3.63, 3.8) is 0 Å². The van der Waals surface area contributed by atoms with Crippen LogP contribution in [-0.2, 0) is 4.79 Å². The average Bonchev–Trinajstić information content (AvgIpc) is 3.19. The van der Waals surface area contributed by atoms with Crippen molar-refractivity contribution >= 4 is 45.0 Å². The van der Waals surface area contributed by atoms with Gasteiger partial charge in [-0.25, -0.2) is 9.37 Å². The molecular formula is C20H15FN4OS2. The number of nitrogens with one attached hydrogen (secondary N) is 1. The quantitative estimate of drug-likeness (QED) is 0.520. The van der Waals surface area contributed by atoms with E-state index in [0.717, 1.165) is 21.5 Å². The van der Waals surface area contributed by atoms with Crippen molar-refractivity contribution in [1.29, 1.82) is 0 Å². The van der Waals surface area contributed by atoms with Crippen LogP contribution in [0.1, 0.15) is 22.1 Å². The molecule has 0 spiro atoms. The third-order valence-corrected chi connectivity index (χ3v) is 6.92. The Hall–Kier alpha value is -2.71. The van der Waals surface area contributed by atoms with Crippen LogP contribution in [0.4, 0.5) is 10.2 Å². The highest BCUT2D eigenvalue weighted by Crippen LogP contribution is 2.44. The predicted octanol–water partition coefficient (Wildman–Crippen LogP) is 4.70. The number of aryl methyl sites for hydroxylation is 1. The Labute approximate surface area is 168 Å². The van der Waals surface area contributed by atoms with E-state index in [1.807, 2.05) is 37.3 Å². The number of carbonyl (C=O) groups excluding carboxylic acids is 1. The van der Waals surface area contributed by atoms with Crippen LogP contribution in [-0.4, -0.2) is 26.4 Å². The molecule has 5 nitrogen and oxygen atoms in total. The minimum atomic E-state index is -0.321. The van der Waals surface area contributed by atoms with E-state index in [0.29, 0.717) is 16.5 Å². The fourth-order valence-electron chi connectivity index (χ4n) is 3.41. The number of fused-ring (bicyclic) bond motifs is 2. The summed E-state index contributed by atoms with van der Waals surface area (Å²) < 4.78 is 17.3. The fraction of sp³-hybridized carbons (Fsp3) is 0.150. The van der Waals surface area contributed by atoms with Gasteiger partial charge in [-0.1, -0.05) is 41.7 Å². The first-order chi connectivity index (χ1) is 13.6. The summed E-state index contributed by atoms with van der Waals surface area (Å²) in [6.45, 7) is 1.88. The molecule has 2 aromatic carbocycles. The van der Waals surface area contributed by atoms with Gasteiger partial charge in [-0.15, -0.1) is 11.8 Å². The van der Waals surface area contributed by atoms with Crippen LogP contribution in [0.15, 0.2) is 48.5 Å². The van der Waals surface area contributed by atoms with Gasteiger partial charge in [0.25, 0.3) is 0 Å². The van der Waals surface area contributed by atoms with Gasteiger partial charge in [-0.05, 0) is 25.1 Å². The molecule has 0 saturated heterocycles. The zero-order chi connectivity index (χ0) is 19.3. The molecule has 0 aliphatic carbocycles. The number of benzene rings is 2. The molecule has 28 heavy (non-hydrogen) atoms. The fourth-order valence-corrected chi connectivity index (χ4v) is 5.54. The Morgan fingerprint density at radius 3 is 2.79 bits per heavy atom. The van der Waals surface area contributed by atoms with Gasteiger partial charge in [-0.3, -0.25) is 4.79 Å². The largest absolute Gasteiger partial charge is 0.310 e. The second-order valence-corrected chi connectivity index (χ2v) is 8.59. The van der Waals surface area contributed by atoms with Crippen LogP contribution < -0.4 is 5.32 Å². The second-order valence-electron chi connectivity index (χ2n) is 6.48. The summed E-state index contributed by atoms with van der Waals surface area (Å²) in [5.41, 5.74) is 3.00. The summed E-state index contributed by atoms with van der Waals surface area (Å²) in [5, 5.41) is 7.96. The zero-order valence-corrected chi connectivity index (χ0v) is 16.5. The number of amides is 1. The first-order valence-electron chi connectivity index (χ1n) is 8.73. The van der Waals surface area contributed by atoms with Crippen molar-refractivity contribution in [1.82, 2.24) is 14.8 Å². The number of nitrogens with zero attached hydrogens (tertiary/aromatic N) is 3. The molecule has 8 heteroatoms. The monoisotopic (exact) mass is 410 g/mol. The van der Waals surface area contributed by atoms with Gasteiger partial charge in [0.2, 0.25) is 11.0 Å². The molecule has 0 saturated carbocycles.